The molecule has 0 spiro atoms. The third-order valence-electron chi connectivity index (χ3n) is 6.31. The van der Waals surface area contributed by atoms with Crippen molar-refractivity contribution in [2.45, 2.75) is 19.4 Å². The van der Waals surface area contributed by atoms with E-state index >= 15 is 0 Å². The molecule has 0 aromatic heterocycles. The molecule has 1 aliphatic rings. The molecule has 0 aliphatic carbocycles. The van der Waals surface area contributed by atoms with E-state index in [4.69, 9.17) is 43.1 Å². The highest BCUT2D eigenvalue weighted by molar-refractivity contribution is 6.35. The van der Waals surface area contributed by atoms with Gasteiger partial charge in [0.25, 0.3) is 0 Å². The summed E-state index contributed by atoms with van der Waals surface area (Å²) in [6, 6.07) is 26.9. The monoisotopic (exact) mass is 556 g/mol. The van der Waals surface area contributed by atoms with Crippen molar-refractivity contribution in [1.82, 2.24) is 0 Å². The molecule has 0 saturated carbocycles. The van der Waals surface area contributed by atoms with Crippen LogP contribution in [-0.2, 0) is 6.61 Å². The highest BCUT2D eigenvalue weighted by Gasteiger charge is 2.31. The molecule has 4 aromatic carbocycles. The summed E-state index contributed by atoms with van der Waals surface area (Å²) in [7, 11) is 0. The van der Waals surface area contributed by atoms with Crippen molar-refractivity contribution in [1.29, 1.82) is 5.26 Å². The predicted molar refractivity (Wildman–Crippen MR) is 149 cm³/mol. The molecular weight excluding hydrogens is 535 g/mol. The number of allylic oxidation sites excluding steroid dienone is 1. The quantitative estimate of drug-likeness (QED) is 0.197. The second kappa shape index (κ2) is 11.1. The van der Waals surface area contributed by atoms with Crippen LogP contribution in [0.25, 0.3) is 0 Å². The molecule has 5 rings (SSSR count). The Balaban J connectivity index is 1.37. The van der Waals surface area contributed by atoms with Crippen LogP contribution in [-0.4, -0.2) is 5.97 Å². The molecular formula is C31H22Cl2N2O4. The Hall–Kier alpha value is -4.44. The van der Waals surface area contributed by atoms with E-state index in [0.29, 0.717) is 32.9 Å². The molecule has 4 aromatic rings. The highest BCUT2D eigenvalue weighted by Crippen LogP contribution is 2.43. The first-order chi connectivity index (χ1) is 18.8. The zero-order chi connectivity index (χ0) is 27.5. The van der Waals surface area contributed by atoms with Gasteiger partial charge in [-0.05, 0) is 55.0 Å². The van der Waals surface area contributed by atoms with Crippen LogP contribution in [0.3, 0.4) is 0 Å². The fourth-order valence-corrected chi connectivity index (χ4v) is 4.72. The lowest BCUT2D eigenvalue weighted by Crippen LogP contribution is -2.21. The molecule has 1 unspecified atom stereocenters. The maximum Gasteiger partial charge on any atom is 0.343 e. The number of esters is 1. The van der Waals surface area contributed by atoms with Gasteiger partial charge in [0.05, 0.1) is 11.5 Å². The Kier molecular flexibility index (Phi) is 7.47. The number of halogens is 2. The van der Waals surface area contributed by atoms with E-state index in [0.717, 1.165) is 22.3 Å². The molecule has 1 aliphatic heterocycles. The van der Waals surface area contributed by atoms with Gasteiger partial charge < -0.3 is 19.9 Å². The highest BCUT2D eigenvalue weighted by atomic mass is 35.5. The minimum Gasteiger partial charge on any atom is -0.489 e. The van der Waals surface area contributed by atoms with Crippen LogP contribution in [0, 0.1) is 18.3 Å². The average molecular weight is 557 g/mol. The number of carbonyl (C=O) groups is 1. The molecule has 39 heavy (non-hydrogen) atoms. The van der Waals surface area contributed by atoms with Gasteiger partial charge >= 0.3 is 5.97 Å². The minimum absolute atomic E-state index is 0.00489. The first-order valence-electron chi connectivity index (χ1n) is 12.0. The molecule has 0 fully saturated rings. The normalized spacial score (nSPS) is 14.2. The average Bonchev–Trinajstić information content (AvgIpc) is 2.92. The number of carbonyl (C=O) groups excluding carboxylic acids is 1. The number of nitrogens with two attached hydrogens (primary N) is 1. The van der Waals surface area contributed by atoms with Gasteiger partial charge in [-0.15, -0.1) is 0 Å². The molecule has 8 heteroatoms. The Morgan fingerprint density at radius 3 is 2.38 bits per heavy atom. The van der Waals surface area contributed by atoms with E-state index in [1.807, 2.05) is 49.4 Å². The lowest BCUT2D eigenvalue weighted by Gasteiger charge is -2.26. The summed E-state index contributed by atoms with van der Waals surface area (Å²) in [5.41, 5.74) is 10.2. The second-order valence-corrected chi connectivity index (χ2v) is 9.82. The topological polar surface area (TPSA) is 94.6 Å². The maximum absolute atomic E-state index is 12.6. The SMILES string of the molecule is Cc1ccc(C(=O)Oc2ccc3c(c2)OC(N)=C(C#N)C3c2ccc(OCc3ccc(Cl)cc3Cl)cc2)cc1. The molecule has 0 amide bonds. The summed E-state index contributed by atoms with van der Waals surface area (Å²) >= 11 is 12.2. The molecule has 194 valence electrons. The fourth-order valence-electron chi connectivity index (χ4n) is 4.25. The minimum atomic E-state index is -0.487. The van der Waals surface area contributed by atoms with E-state index in [1.165, 1.54) is 0 Å². The number of rotatable bonds is 6. The zero-order valence-corrected chi connectivity index (χ0v) is 22.3. The van der Waals surface area contributed by atoms with Crippen LogP contribution in [0.4, 0.5) is 0 Å². The number of fused-ring (bicyclic) bond motifs is 1. The maximum atomic E-state index is 12.6. The van der Waals surface area contributed by atoms with Gasteiger partial charge in [0.15, 0.2) is 0 Å². The number of aryl methyl sites for hydroxylation is 1. The van der Waals surface area contributed by atoms with E-state index in [2.05, 4.69) is 6.07 Å². The number of benzene rings is 4. The third-order valence-corrected chi connectivity index (χ3v) is 6.90. The summed E-state index contributed by atoms with van der Waals surface area (Å²) in [4.78, 5) is 12.6. The number of hydrogen-bond donors (Lipinski definition) is 1. The van der Waals surface area contributed by atoms with E-state index < -0.39 is 11.9 Å². The summed E-state index contributed by atoms with van der Waals surface area (Å²) in [5, 5.41) is 11.0. The van der Waals surface area contributed by atoms with Gasteiger partial charge in [-0.1, -0.05) is 65.2 Å². The van der Waals surface area contributed by atoms with Crippen molar-refractivity contribution >= 4 is 29.2 Å². The summed E-state index contributed by atoms with van der Waals surface area (Å²) in [5.74, 6) is 0.374. The first-order valence-corrected chi connectivity index (χ1v) is 12.7. The van der Waals surface area contributed by atoms with Gasteiger partial charge in [-0.25, -0.2) is 4.79 Å². The Labute approximate surface area is 235 Å². The molecule has 1 atom stereocenters. The second-order valence-electron chi connectivity index (χ2n) is 8.97. The van der Waals surface area contributed by atoms with E-state index in [9.17, 15) is 10.1 Å². The van der Waals surface area contributed by atoms with E-state index in [1.54, 1.807) is 42.5 Å². The standard InChI is InChI=1S/C31H22Cl2N2O4/c1-18-2-4-20(5-3-18)31(36)38-24-12-13-25-28(15-24)39-30(35)26(16-34)29(25)19-7-10-23(11-8-19)37-17-21-6-9-22(32)14-27(21)33/h2-15,29H,17,35H2,1H3. The van der Waals surface area contributed by atoms with Gasteiger partial charge in [-0.3, -0.25) is 0 Å². The van der Waals surface area contributed by atoms with Crippen LogP contribution in [0.5, 0.6) is 17.2 Å². The smallest absolute Gasteiger partial charge is 0.343 e. The van der Waals surface area contributed by atoms with Gasteiger partial charge in [0, 0.05) is 27.2 Å². The van der Waals surface area contributed by atoms with Gasteiger partial charge in [-0.2, -0.15) is 5.26 Å². The summed E-state index contributed by atoms with van der Waals surface area (Å²) < 4.78 is 17.2. The van der Waals surface area contributed by atoms with Crippen LogP contribution in [0.15, 0.2) is 96.4 Å². The Morgan fingerprint density at radius 1 is 0.974 bits per heavy atom. The molecule has 0 saturated heterocycles. The lowest BCUT2D eigenvalue weighted by molar-refractivity contribution is 0.0734. The predicted octanol–water partition coefficient (Wildman–Crippen LogP) is 7.32. The summed E-state index contributed by atoms with van der Waals surface area (Å²) in [6.07, 6.45) is 0. The van der Waals surface area contributed by atoms with Crippen molar-refractivity contribution in [3.8, 4) is 23.3 Å². The van der Waals surface area contributed by atoms with Crippen LogP contribution in [0.1, 0.15) is 38.5 Å². The third kappa shape index (κ3) is 5.70. The molecule has 1 heterocycles. The van der Waals surface area contributed by atoms with Crippen molar-refractivity contribution in [2.24, 2.45) is 5.73 Å². The van der Waals surface area contributed by atoms with Crippen LogP contribution in [0.2, 0.25) is 10.0 Å². The largest absolute Gasteiger partial charge is 0.489 e. The first kappa shape index (κ1) is 26.2. The number of nitriles is 1. The lowest BCUT2D eigenvalue weighted by atomic mass is 9.83. The Morgan fingerprint density at radius 2 is 1.69 bits per heavy atom. The van der Waals surface area contributed by atoms with Gasteiger partial charge in [0.1, 0.15) is 35.5 Å². The number of hydrogen-bond acceptors (Lipinski definition) is 6. The molecule has 6 nitrogen and oxygen atoms in total. The zero-order valence-electron chi connectivity index (χ0n) is 20.8. The van der Waals surface area contributed by atoms with Crippen LogP contribution >= 0.6 is 23.2 Å². The van der Waals surface area contributed by atoms with Crippen molar-refractivity contribution < 1.29 is 19.0 Å². The molecule has 0 bridgehead atoms. The van der Waals surface area contributed by atoms with Crippen LogP contribution < -0.4 is 19.9 Å². The Bertz CT molecular complexity index is 1620. The van der Waals surface area contributed by atoms with Crippen molar-refractivity contribution in [2.75, 3.05) is 0 Å². The number of ether oxygens (including phenoxy) is 3. The van der Waals surface area contributed by atoms with Crippen molar-refractivity contribution in [3.63, 3.8) is 0 Å². The summed E-state index contributed by atoms with van der Waals surface area (Å²) in [6.45, 7) is 2.22. The van der Waals surface area contributed by atoms with Gasteiger partial charge in [0.2, 0.25) is 5.88 Å². The fraction of sp³-hybridized carbons (Fsp3) is 0.0968. The van der Waals surface area contributed by atoms with E-state index in [-0.39, 0.29) is 18.1 Å². The number of nitrogens with zero attached hydrogens (tertiary/aromatic N) is 1. The molecule has 2 N–H and O–H groups in total. The molecule has 0 radical (unpaired) electrons. The van der Waals surface area contributed by atoms with Crippen molar-refractivity contribution in [3.05, 3.63) is 134 Å².